The van der Waals surface area contributed by atoms with Crippen molar-refractivity contribution in [1.82, 2.24) is 10.2 Å². The van der Waals surface area contributed by atoms with Crippen LogP contribution < -0.4 is 5.32 Å². The lowest BCUT2D eigenvalue weighted by atomic mass is 9.84. The van der Waals surface area contributed by atoms with Gasteiger partial charge in [0.25, 0.3) is 0 Å². The van der Waals surface area contributed by atoms with Crippen molar-refractivity contribution in [1.29, 1.82) is 0 Å². The van der Waals surface area contributed by atoms with Crippen molar-refractivity contribution < 1.29 is 8.42 Å². The molecule has 4 nitrogen and oxygen atoms in total. The fourth-order valence-corrected chi connectivity index (χ4v) is 5.88. The minimum absolute atomic E-state index is 0.149. The van der Waals surface area contributed by atoms with Crippen LogP contribution in [-0.2, 0) is 9.84 Å². The standard InChI is InChI=1S/C14H30N2O2S2/c1-5-7-14(3,11-15-6-2)12-16-8-9-19-10-13(16)20(4,17)18/h13,15H,5-12H2,1-4H3. The molecule has 1 rings (SSSR count). The molecule has 1 heterocycles. The number of rotatable bonds is 8. The van der Waals surface area contributed by atoms with Gasteiger partial charge in [-0.2, -0.15) is 11.8 Å². The smallest absolute Gasteiger partial charge is 0.164 e. The molecule has 120 valence electrons. The molecule has 20 heavy (non-hydrogen) atoms. The Hall–Kier alpha value is 0.220. The first-order chi connectivity index (χ1) is 9.32. The lowest BCUT2D eigenvalue weighted by Crippen LogP contribution is -2.52. The van der Waals surface area contributed by atoms with Crippen LogP contribution in [0.4, 0.5) is 0 Å². The highest BCUT2D eigenvalue weighted by atomic mass is 32.2. The zero-order valence-electron chi connectivity index (χ0n) is 13.3. The van der Waals surface area contributed by atoms with Gasteiger partial charge in [0, 0.05) is 37.4 Å². The van der Waals surface area contributed by atoms with E-state index in [-0.39, 0.29) is 10.8 Å². The molecule has 2 atom stereocenters. The molecule has 2 unspecified atom stereocenters. The summed E-state index contributed by atoms with van der Waals surface area (Å²) in [5.74, 6) is 1.75. The van der Waals surface area contributed by atoms with E-state index in [2.05, 4.69) is 31.0 Å². The van der Waals surface area contributed by atoms with E-state index >= 15 is 0 Å². The Labute approximate surface area is 129 Å². The zero-order chi connectivity index (χ0) is 15.2. The van der Waals surface area contributed by atoms with Crippen molar-refractivity contribution in [3.63, 3.8) is 0 Å². The van der Waals surface area contributed by atoms with Crippen molar-refractivity contribution in [2.24, 2.45) is 5.41 Å². The molecule has 1 N–H and O–H groups in total. The third kappa shape index (κ3) is 5.54. The minimum atomic E-state index is -3.00. The summed E-state index contributed by atoms with van der Waals surface area (Å²) in [7, 11) is -3.00. The SMILES string of the molecule is CCCC(C)(CNCC)CN1CCSCC1S(C)(=O)=O. The van der Waals surface area contributed by atoms with Gasteiger partial charge >= 0.3 is 0 Å². The van der Waals surface area contributed by atoms with Gasteiger partial charge in [0.05, 0.1) is 0 Å². The van der Waals surface area contributed by atoms with Crippen LogP contribution in [0.1, 0.15) is 33.6 Å². The van der Waals surface area contributed by atoms with Gasteiger partial charge in [-0.25, -0.2) is 8.42 Å². The number of nitrogens with one attached hydrogen (secondary N) is 1. The Balaban J connectivity index is 2.78. The van der Waals surface area contributed by atoms with Crippen molar-refractivity contribution in [2.45, 2.75) is 39.0 Å². The molecule has 0 aromatic carbocycles. The molecule has 0 saturated carbocycles. The normalized spacial score (nSPS) is 24.5. The highest BCUT2D eigenvalue weighted by Crippen LogP contribution is 2.28. The maximum Gasteiger partial charge on any atom is 0.164 e. The summed E-state index contributed by atoms with van der Waals surface area (Å²) in [5, 5.41) is 3.13. The number of nitrogens with zero attached hydrogens (tertiary/aromatic N) is 1. The topological polar surface area (TPSA) is 49.4 Å². The summed E-state index contributed by atoms with van der Waals surface area (Å²) in [6, 6.07) is 0. The van der Waals surface area contributed by atoms with E-state index in [4.69, 9.17) is 0 Å². The molecular formula is C14H30N2O2S2. The molecular weight excluding hydrogens is 292 g/mol. The van der Waals surface area contributed by atoms with E-state index in [1.54, 1.807) is 11.8 Å². The number of thioether (sulfide) groups is 1. The highest BCUT2D eigenvalue weighted by molar-refractivity contribution is 8.00. The Morgan fingerprint density at radius 2 is 2.10 bits per heavy atom. The van der Waals surface area contributed by atoms with E-state index in [1.165, 1.54) is 6.26 Å². The lowest BCUT2D eigenvalue weighted by molar-refractivity contribution is 0.147. The summed E-state index contributed by atoms with van der Waals surface area (Å²) in [6.07, 6.45) is 3.63. The van der Waals surface area contributed by atoms with Crippen LogP contribution in [0.25, 0.3) is 0 Å². The van der Waals surface area contributed by atoms with E-state index in [1.807, 2.05) is 0 Å². The minimum Gasteiger partial charge on any atom is -0.316 e. The molecule has 0 aliphatic carbocycles. The summed E-state index contributed by atoms with van der Waals surface area (Å²) in [5.41, 5.74) is 0.149. The van der Waals surface area contributed by atoms with Crippen LogP contribution in [0.2, 0.25) is 0 Å². The van der Waals surface area contributed by atoms with Crippen LogP contribution >= 0.6 is 11.8 Å². The second kappa shape index (κ2) is 8.01. The highest BCUT2D eigenvalue weighted by Gasteiger charge is 2.35. The van der Waals surface area contributed by atoms with Gasteiger partial charge in [0.15, 0.2) is 9.84 Å². The first kappa shape index (κ1) is 18.3. The van der Waals surface area contributed by atoms with Crippen molar-refractivity contribution in [3.05, 3.63) is 0 Å². The molecule has 0 aromatic rings. The van der Waals surface area contributed by atoms with E-state index in [9.17, 15) is 8.42 Å². The molecule has 0 spiro atoms. The predicted molar refractivity (Wildman–Crippen MR) is 89.1 cm³/mol. The molecule has 0 bridgehead atoms. The van der Waals surface area contributed by atoms with E-state index in [0.29, 0.717) is 5.75 Å². The maximum absolute atomic E-state index is 12.0. The summed E-state index contributed by atoms with van der Waals surface area (Å²) < 4.78 is 24.0. The second-order valence-electron chi connectivity index (χ2n) is 6.17. The van der Waals surface area contributed by atoms with E-state index in [0.717, 1.165) is 44.8 Å². The van der Waals surface area contributed by atoms with Gasteiger partial charge in [-0.15, -0.1) is 0 Å². The Morgan fingerprint density at radius 1 is 1.40 bits per heavy atom. The average molecular weight is 323 g/mol. The molecule has 0 amide bonds. The van der Waals surface area contributed by atoms with Gasteiger partial charge < -0.3 is 5.32 Å². The quantitative estimate of drug-likeness (QED) is 0.739. The van der Waals surface area contributed by atoms with Gasteiger partial charge in [-0.1, -0.05) is 27.2 Å². The molecule has 6 heteroatoms. The number of sulfone groups is 1. The third-order valence-electron chi connectivity index (χ3n) is 3.92. The third-order valence-corrected chi connectivity index (χ3v) is 6.61. The van der Waals surface area contributed by atoms with Crippen LogP contribution in [0.3, 0.4) is 0 Å². The number of hydrogen-bond acceptors (Lipinski definition) is 5. The average Bonchev–Trinajstić information content (AvgIpc) is 2.36. The van der Waals surface area contributed by atoms with Gasteiger partial charge in [0.2, 0.25) is 0 Å². The maximum atomic E-state index is 12.0. The van der Waals surface area contributed by atoms with Crippen molar-refractivity contribution >= 4 is 21.6 Å². The van der Waals surface area contributed by atoms with E-state index < -0.39 is 9.84 Å². The zero-order valence-corrected chi connectivity index (χ0v) is 14.9. The second-order valence-corrected chi connectivity index (χ2v) is 9.52. The lowest BCUT2D eigenvalue weighted by Gasteiger charge is -2.41. The molecule has 1 fully saturated rings. The van der Waals surface area contributed by atoms with Gasteiger partial charge in [0.1, 0.15) is 5.37 Å². The number of hydrogen-bond donors (Lipinski definition) is 1. The monoisotopic (exact) mass is 322 g/mol. The molecule has 1 aliphatic heterocycles. The molecule has 0 radical (unpaired) electrons. The van der Waals surface area contributed by atoms with Crippen LogP contribution in [0, 0.1) is 5.41 Å². The van der Waals surface area contributed by atoms with Crippen LogP contribution in [-0.4, -0.2) is 62.6 Å². The molecule has 1 aliphatic rings. The first-order valence-corrected chi connectivity index (χ1v) is 10.6. The van der Waals surface area contributed by atoms with Crippen molar-refractivity contribution in [3.8, 4) is 0 Å². The Bertz CT molecular complexity index is 387. The Morgan fingerprint density at radius 3 is 2.65 bits per heavy atom. The molecule has 0 aromatic heterocycles. The van der Waals surface area contributed by atoms with Crippen molar-refractivity contribution in [2.75, 3.05) is 43.9 Å². The fraction of sp³-hybridized carbons (Fsp3) is 1.00. The fourth-order valence-electron chi connectivity index (χ4n) is 2.93. The summed E-state index contributed by atoms with van der Waals surface area (Å²) in [4.78, 5) is 2.19. The van der Waals surface area contributed by atoms with Crippen LogP contribution in [0.5, 0.6) is 0 Å². The Kier molecular flexibility index (Phi) is 7.32. The predicted octanol–water partition coefficient (Wildman–Crippen LogP) is 1.82. The summed E-state index contributed by atoms with van der Waals surface area (Å²) >= 11 is 1.75. The van der Waals surface area contributed by atoms with Crippen LogP contribution in [0.15, 0.2) is 0 Å². The molecule has 1 saturated heterocycles. The first-order valence-electron chi connectivity index (χ1n) is 7.54. The van der Waals surface area contributed by atoms with Gasteiger partial charge in [-0.3, -0.25) is 4.90 Å². The van der Waals surface area contributed by atoms with Gasteiger partial charge in [-0.05, 0) is 18.4 Å². The summed E-state index contributed by atoms with van der Waals surface area (Å²) in [6.45, 7) is 10.3. The largest absolute Gasteiger partial charge is 0.316 e.